The zero-order valence-electron chi connectivity index (χ0n) is 18.1. The minimum atomic E-state index is -1.41. The van der Waals surface area contributed by atoms with E-state index in [0.717, 1.165) is 23.1 Å². The molecule has 0 fully saturated rings. The van der Waals surface area contributed by atoms with Gasteiger partial charge in [-0.15, -0.1) is 11.8 Å². The lowest BCUT2D eigenvalue weighted by molar-refractivity contribution is 0.0656. The molecule has 0 atom stereocenters. The average Bonchev–Trinajstić information content (AvgIpc) is 3.09. The summed E-state index contributed by atoms with van der Waals surface area (Å²) >= 11 is 1.43. The third kappa shape index (κ3) is 4.92. The Balaban J connectivity index is 1.36. The van der Waals surface area contributed by atoms with Crippen LogP contribution in [0.5, 0.6) is 0 Å². The summed E-state index contributed by atoms with van der Waals surface area (Å²) in [4.78, 5) is 62.1. The number of rotatable bonds is 8. The molecule has 9 nitrogen and oxygen atoms in total. The van der Waals surface area contributed by atoms with E-state index in [2.05, 4.69) is 5.32 Å². The van der Waals surface area contributed by atoms with E-state index in [9.17, 15) is 29.1 Å². The average molecular weight is 490 g/mol. The van der Waals surface area contributed by atoms with E-state index >= 15 is 0 Å². The van der Waals surface area contributed by atoms with Gasteiger partial charge in [0.1, 0.15) is 0 Å². The van der Waals surface area contributed by atoms with E-state index < -0.39 is 23.4 Å². The summed E-state index contributed by atoms with van der Waals surface area (Å²) in [5.74, 6) is -3.53. The number of carbonyl (C=O) groups excluding carboxylic acids is 3. The zero-order chi connectivity index (χ0) is 25.1. The molecule has 3 N–H and O–H groups in total. The van der Waals surface area contributed by atoms with Gasteiger partial charge in [0.15, 0.2) is 0 Å². The fourth-order valence-corrected chi connectivity index (χ4v) is 4.42. The van der Waals surface area contributed by atoms with Crippen molar-refractivity contribution in [2.75, 3.05) is 17.6 Å². The molecule has 0 saturated heterocycles. The van der Waals surface area contributed by atoms with Crippen molar-refractivity contribution < 1.29 is 34.2 Å². The van der Waals surface area contributed by atoms with Gasteiger partial charge in [-0.3, -0.25) is 19.3 Å². The van der Waals surface area contributed by atoms with E-state index in [1.54, 1.807) is 48.5 Å². The van der Waals surface area contributed by atoms with Crippen LogP contribution in [0.4, 0.5) is 5.69 Å². The van der Waals surface area contributed by atoms with Gasteiger partial charge in [-0.25, -0.2) is 9.59 Å². The largest absolute Gasteiger partial charge is 0.478 e. The van der Waals surface area contributed by atoms with Crippen LogP contribution in [0.2, 0.25) is 0 Å². The molecule has 176 valence electrons. The monoisotopic (exact) mass is 490 g/mol. The third-order valence-corrected chi connectivity index (χ3v) is 6.31. The lowest BCUT2D eigenvalue weighted by Crippen LogP contribution is -2.31. The smallest absolute Gasteiger partial charge is 0.336 e. The SMILES string of the molecule is O=C(O)c1ccc(C(=O)Nc2ccc(SCCN3C(=O)c4ccccc4C3=O)cc2)c(C(=O)O)c1. The van der Waals surface area contributed by atoms with Crippen LogP contribution >= 0.6 is 11.8 Å². The van der Waals surface area contributed by atoms with Crippen molar-refractivity contribution in [3.05, 3.63) is 94.5 Å². The minimum Gasteiger partial charge on any atom is -0.478 e. The van der Waals surface area contributed by atoms with Gasteiger partial charge in [-0.2, -0.15) is 0 Å². The fourth-order valence-electron chi connectivity index (χ4n) is 3.58. The lowest BCUT2D eigenvalue weighted by Gasteiger charge is -2.13. The standard InChI is InChI=1S/C25H18N2O7S/c28-21(17-10-5-14(24(31)32)13-20(17)25(33)34)26-15-6-8-16(9-7-15)35-12-11-27-22(29)18-3-1-2-4-19(18)23(27)30/h1-10,13H,11-12H2,(H,26,28)(H,31,32)(H,33,34). The maximum atomic E-state index is 12.6. The number of fused-ring (bicyclic) bond motifs is 1. The van der Waals surface area contributed by atoms with Crippen molar-refractivity contribution in [2.45, 2.75) is 4.90 Å². The van der Waals surface area contributed by atoms with Crippen molar-refractivity contribution in [2.24, 2.45) is 0 Å². The topological polar surface area (TPSA) is 141 Å². The molecular weight excluding hydrogens is 472 g/mol. The highest BCUT2D eigenvalue weighted by atomic mass is 32.2. The predicted molar refractivity (Wildman–Crippen MR) is 127 cm³/mol. The molecule has 1 heterocycles. The maximum Gasteiger partial charge on any atom is 0.336 e. The normalized spacial score (nSPS) is 12.4. The summed E-state index contributed by atoms with van der Waals surface area (Å²) in [6, 6.07) is 16.7. The molecular formula is C25H18N2O7S. The highest BCUT2D eigenvalue weighted by Crippen LogP contribution is 2.25. The Hall–Kier alpha value is -4.44. The van der Waals surface area contributed by atoms with Crippen LogP contribution in [0.25, 0.3) is 0 Å². The van der Waals surface area contributed by atoms with Gasteiger partial charge < -0.3 is 15.5 Å². The number of amides is 3. The summed E-state index contributed by atoms with van der Waals surface area (Å²) in [5.41, 5.74) is 0.419. The van der Waals surface area contributed by atoms with Crippen LogP contribution in [0.1, 0.15) is 51.8 Å². The molecule has 3 amide bonds. The number of thioether (sulfide) groups is 1. The highest BCUT2D eigenvalue weighted by molar-refractivity contribution is 7.99. The molecule has 0 aliphatic carbocycles. The highest BCUT2D eigenvalue weighted by Gasteiger charge is 2.34. The number of hydrogen-bond acceptors (Lipinski definition) is 6. The Labute approximate surface area is 203 Å². The molecule has 1 aliphatic heterocycles. The van der Waals surface area contributed by atoms with Gasteiger partial charge in [-0.1, -0.05) is 12.1 Å². The van der Waals surface area contributed by atoms with Crippen molar-refractivity contribution in [3.8, 4) is 0 Å². The van der Waals surface area contributed by atoms with Crippen LogP contribution in [-0.2, 0) is 0 Å². The Morgan fingerprint density at radius 1 is 0.800 bits per heavy atom. The predicted octanol–water partition coefficient (Wildman–Crippen LogP) is 3.72. The number of anilines is 1. The Morgan fingerprint density at radius 3 is 2.00 bits per heavy atom. The van der Waals surface area contributed by atoms with E-state index in [0.29, 0.717) is 22.6 Å². The number of aromatic carboxylic acids is 2. The van der Waals surface area contributed by atoms with Crippen LogP contribution in [0, 0.1) is 0 Å². The minimum absolute atomic E-state index is 0.165. The third-order valence-electron chi connectivity index (χ3n) is 5.32. The van der Waals surface area contributed by atoms with Gasteiger partial charge >= 0.3 is 11.9 Å². The molecule has 10 heteroatoms. The number of imide groups is 1. The van der Waals surface area contributed by atoms with E-state index in [-0.39, 0.29) is 29.5 Å². The van der Waals surface area contributed by atoms with Crippen molar-refractivity contribution >= 4 is 47.1 Å². The summed E-state index contributed by atoms with van der Waals surface area (Å²) in [7, 11) is 0. The molecule has 0 saturated carbocycles. The first-order chi connectivity index (χ1) is 16.8. The Morgan fingerprint density at radius 2 is 1.43 bits per heavy atom. The van der Waals surface area contributed by atoms with E-state index in [4.69, 9.17) is 5.11 Å². The van der Waals surface area contributed by atoms with Crippen LogP contribution in [0.3, 0.4) is 0 Å². The Kier molecular flexibility index (Phi) is 6.65. The van der Waals surface area contributed by atoms with Gasteiger partial charge in [0.25, 0.3) is 17.7 Å². The van der Waals surface area contributed by atoms with Crippen molar-refractivity contribution in [1.82, 2.24) is 4.90 Å². The molecule has 0 aromatic heterocycles. The fraction of sp³-hybridized carbons (Fsp3) is 0.0800. The quantitative estimate of drug-likeness (QED) is 0.320. The zero-order valence-corrected chi connectivity index (χ0v) is 18.9. The van der Waals surface area contributed by atoms with Crippen LogP contribution in [0.15, 0.2) is 71.6 Å². The van der Waals surface area contributed by atoms with Gasteiger partial charge in [-0.05, 0) is 54.6 Å². The second-order valence-corrected chi connectivity index (χ2v) is 8.67. The molecule has 0 spiro atoms. The molecule has 3 aromatic rings. The number of carbonyl (C=O) groups is 5. The first kappa shape index (κ1) is 23.7. The van der Waals surface area contributed by atoms with Crippen LogP contribution in [-0.4, -0.2) is 57.1 Å². The second-order valence-electron chi connectivity index (χ2n) is 7.51. The number of nitrogens with one attached hydrogen (secondary N) is 1. The second kappa shape index (κ2) is 9.82. The lowest BCUT2D eigenvalue weighted by atomic mass is 10.0. The van der Waals surface area contributed by atoms with Crippen molar-refractivity contribution in [3.63, 3.8) is 0 Å². The van der Waals surface area contributed by atoms with Crippen LogP contribution < -0.4 is 5.32 Å². The first-order valence-corrected chi connectivity index (χ1v) is 11.3. The maximum absolute atomic E-state index is 12.6. The molecule has 0 unspecified atom stereocenters. The van der Waals surface area contributed by atoms with Gasteiger partial charge in [0.05, 0.1) is 27.8 Å². The van der Waals surface area contributed by atoms with E-state index in [1.165, 1.54) is 16.7 Å². The number of benzene rings is 3. The van der Waals surface area contributed by atoms with Gasteiger partial charge in [0, 0.05) is 22.9 Å². The number of nitrogens with zero attached hydrogens (tertiary/aromatic N) is 1. The molecule has 4 rings (SSSR count). The molecule has 0 bridgehead atoms. The first-order valence-electron chi connectivity index (χ1n) is 10.4. The Bertz CT molecular complexity index is 1330. The molecule has 3 aromatic carbocycles. The number of carboxylic acid groups (broad SMARTS) is 2. The number of hydrogen-bond donors (Lipinski definition) is 3. The summed E-state index contributed by atoms with van der Waals surface area (Å²) in [5, 5.41) is 21.0. The summed E-state index contributed by atoms with van der Waals surface area (Å²) < 4.78 is 0. The summed E-state index contributed by atoms with van der Waals surface area (Å²) in [6.45, 7) is 0.250. The molecule has 1 aliphatic rings. The number of carboxylic acids is 2. The van der Waals surface area contributed by atoms with Gasteiger partial charge in [0.2, 0.25) is 0 Å². The van der Waals surface area contributed by atoms with Crippen molar-refractivity contribution in [1.29, 1.82) is 0 Å². The molecule has 0 radical (unpaired) electrons. The van der Waals surface area contributed by atoms with E-state index in [1.807, 2.05) is 0 Å². The molecule has 35 heavy (non-hydrogen) atoms. The summed E-state index contributed by atoms with van der Waals surface area (Å²) in [6.07, 6.45) is 0.